The fourth-order valence-corrected chi connectivity index (χ4v) is 7.89. The zero-order valence-electron chi connectivity index (χ0n) is 25.1. The summed E-state index contributed by atoms with van der Waals surface area (Å²) >= 11 is 1.11. The molecule has 2 aliphatic carbocycles. The lowest BCUT2D eigenvalue weighted by Gasteiger charge is -2.13. The zero-order valence-corrected chi connectivity index (χ0v) is 25.9. The highest BCUT2D eigenvalue weighted by atomic mass is 32.1. The van der Waals surface area contributed by atoms with Crippen molar-refractivity contribution in [3.8, 4) is 56.6 Å². The third kappa shape index (κ3) is 4.62. The number of aryl methyl sites for hydroxylation is 1. The van der Waals surface area contributed by atoms with Gasteiger partial charge in [0, 0.05) is 32.0 Å². The molecular weight excluding hydrogens is 677 g/mol. The Labute approximate surface area is 283 Å². The Hall–Kier alpha value is -6.47. The molecule has 0 fully saturated rings. The number of fused-ring (bicyclic) bond motifs is 7. The van der Waals surface area contributed by atoms with Crippen LogP contribution in [0, 0.1) is 66.0 Å². The quantitative estimate of drug-likeness (QED) is 0.103. The Balaban J connectivity index is 1.50. The monoisotopic (exact) mass is 690 g/mol. The Morgan fingerprint density at radius 2 is 1.10 bits per heavy atom. The first-order valence-electron chi connectivity index (χ1n) is 14.4. The average Bonchev–Trinajstić information content (AvgIpc) is 3.71. The molecule has 12 heteroatoms. The van der Waals surface area contributed by atoms with E-state index >= 15 is 0 Å². The summed E-state index contributed by atoms with van der Waals surface area (Å²) in [6.45, 7) is 16.9. The van der Waals surface area contributed by atoms with Crippen LogP contribution in [0.25, 0.3) is 65.3 Å². The molecule has 1 heterocycles. The van der Waals surface area contributed by atoms with Crippen molar-refractivity contribution in [3.63, 3.8) is 0 Å². The van der Waals surface area contributed by atoms with E-state index in [1.165, 1.54) is 31.2 Å². The van der Waals surface area contributed by atoms with Gasteiger partial charge in [-0.3, -0.25) is 0 Å². The summed E-state index contributed by atoms with van der Waals surface area (Å²) in [6.07, 6.45) is -5.18. The van der Waals surface area contributed by atoms with Crippen LogP contribution in [0.3, 0.4) is 0 Å². The number of allylic oxidation sites excluding steroid dienone is 2. The van der Waals surface area contributed by atoms with E-state index in [0.29, 0.717) is 60.8 Å². The van der Waals surface area contributed by atoms with E-state index in [1.807, 2.05) is 12.1 Å². The number of halogens is 7. The lowest BCUT2D eigenvalue weighted by molar-refractivity contribution is -0.140. The highest BCUT2D eigenvalue weighted by molar-refractivity contribution is 7.16. The Morgan fingerprint density at radius 3 is 1.52 bits per heavy atom. The van der Waals surface area contributed by atoms with Gasteiger partial charge in [0.1, 0.15) is 0 Å². The van der Waals surface area contributed by atoms with Gasteiger partial charge in [0.2, 0.25) is 0 Å². The maximum Gasteiger partial charge on any atom is 0.419 e. The number of thiophene rings is 1. The molecule has 1 aromatic heterocycles. The van der Waals surface area contributed by atoms with Gasteiger partial charge in [-0.05, 0) is 93.4 Å². The van der Waals surface area contributed by atoms with Crippen molar-refractivity contribution in [1.29, 1.82) is 10.5 Å². The number of nitriles is 2. The minimum absolute atomic E-state index is 0.0620. The Bertz CT molecular complexity index is 2580. The van der Waals surface area contributed by atoms with Crippen molar-refractivity contribution in [1.82, 2.24) is 0 Å². The topological polar surface area (TPSA) is 56.3 Å². The van der Waals surface area contributed by atoms with Crippen LogP contribution in [-0.4, -0.2) is 0 Å². The highest BCUT2D eigenvalue weighted by Gasteiger charge is 2.40. The van der Waals surface area contributed by atoms with Crippen LogP contribution in [0.1, 0.15) is 32.0 Å². The van der Waals surface area contributed by atoms with Crippen LogP contribution in [-0.2, 0) is 6.18 Å². The number of benzene rings is 4. The fourth-order valence-electron chi connectivity index (χ4n) is 6.44. The molecule has 4 nitrogen and oxygen atoms in total. The molecule has 0 aliphatic heterocycles. The third-order valence-electron chi connectivity index (χ3n) is 8.60. The molecule has 0 atom stereocenters. The predicted molar refractivity (Wildman–Crippen MR) is 172 cm³/mol. The minimum Gasteiger partial charge on any atom is -0.226 e. The van der Waals surface area contributed by atoms with Crippen LogP contribution in [0.5, 0.6) is 0 Å². The maximum atomic E-state index is 14.4. The molecule has 0 N–H and O–H groups in total. The number of alkyl halides is 3. The normalized spacial score (nSPS) is 14.4. The molecule has 0 saturated heterocycles. The molecule has 0 amide bonds. The molecule has 4 aromatic carbocycles. The van der Waals surface area contributed by atoms with Gasteiger partial charge in [0.25, 0.3) is 11.4 Å². The molecule has 0 bridgehead atoms. The summed E-state index contributed by atoms with van der Waals surface area (Å²) < 4.78 is 97.6. The lowest BCUT2D eigenvalue weighted by Crippen LogP contribution is -2.10. The Morgan fingerprint density at radius 1 is 0.640 bits per heavy atom. The van der Waals surface area contributed by atoms with Gasteiger partial charge in [-0.1, -0.05) is 24.3 Å². The number of nitrogens with zero attached hydrogens (tertiary/aromatic N) is 4. The largest absolute Gasteiger partial charge is 0.419 e. The van der Waals surface area contributed by atoms with E-state index in [-0.39, 0.29) is 44.8 Å². The van der Waals surface area contributed by atoms with Crippen molar-refractivity contribution < 1.29 is 30.7 Å². The number of hydrogen-bond acceptors (Lipinski definition) is 3. The van der Waals surface area contributed by atoms with Gasteiger partial charge in [-0.15, -0.1) is 11.3 Å². The van der Waals surface area contributed by atoms with Crippen LogP contribution >= 0.6 is 11.3 Å². The van der Waals surface area contributed by atoms with E-state index in [4.69, 9.17) is 13.1 Å². The molecule has 0 radical (unpaired) electrons. The molecule has 2 aliphatic rings. The molecule has 5 aromatic rings. The molecule has 0 saturated carbocycles. The molecule has 7 rings (SSSR count). The van der Waals surface area contributed by atoms with Crippen molar-refractivity contribution in [2.75, 3.05) is 0 Å². The van der Waals surface area contributed by atoms with E-state index in [9.17, 15) is 41.3 Å². The lowest BCUT2D eigenvalue weighted by atomic mass is 9.93. The van der Waals surface area contributed by atoms with Gasteiger partial charge in [-0.2, -0.15) is 13.2 Å². The van der Waals surface area contributed by atoms with Crippen LogP contribution < -0.4 is 0 Å². The second-order valence-corrected chi connectivity index (χ2v) is 12.4. The number of hydrogen-bond donors (Lipinski definition) is 0. The summed E-state index contributed by atoms with van der Waals surface area (Å²) in [6, 6.07) is 16.8. The summed E-state index contributed by atoms with van der Waals surface area (Å²) in [5, 5.41) is 19.9. The molecule has 50 heavy (non-hydrogen) atoms. The summed E-state index contributed by atoms with van der Waals surface area (Å²) in [5.41, 5.74) is 1.62. The summed E-state index contributed by atoms with van der Waals surface area (Å²) in [5.74, 6) is -5.78. The van der Waals surface area contributed by atoms with Crippen molar-refractivity contribution in [2.24, 2.45) is 0 Å². The molecule has 240 valence electrons. The van der Waals surface area contributed by atoms with Crippen molar-refractivity contribution in [3.05, 3.63) is 150 Å². The second-order valence-electron chi connectivity index (χ2n) is 11.3. The van der Waals surface area contributed by atoms with E-state index in [1.54, 1.807) is 18.2 Å². The van der Waals surface area contributed by atoms with E-state index in [0.717, 1.165) is 17.4 Å². The number of rotatable bonds is 2. The first-order valence-corrected chi connectivity index (χ1v) is 15.2. The maximum absolute atomic E-state index is 14.4. The van der Waals surface area contributed by atoms with Gasteiger partial charge < -0.3 is 0 Å². The van der Waals surface area contributed by atoms with Crippen LogP contribution in [0.2, 0.25) is 0 Å². The second kappa shape index (κ2) is 11.3. The van der Waals surface area contributed by atoms with E-state index in [2.05, 4.69) is 9.69 Å². The van der Waals surface area contributed by atoms with Crippen LogP contribution in [0.15, 0.2) is 72.1 Å². The molecule has 0 spiro atoms. The van der Waals surface area contributed by atoms with Gasteiger partial charge in [0.05, 0.1) is 30.8 Å². The van der Waals surface area contributed by atoms with Gasteiger partial charge in [0.15, 0.2) is 23.3 Å². The average molecular weight is 691 g/mol. The van der Waals surface area contributed by atoms with Gasteiger partial charge in [-0.25, -0.2) is 37.8 Å². The highest BCUT2D eigenvalue weighted by Crippen LogP contribution is 2.62. The SMILES string of the molecule is [C-]#[N+]/C(C#N)=C1/c2cc(-c3cc(F)c(F)c(C(F)(F)F)c3)ccc2-c2c1sc1c2-c2ccc(-c3cc(C)c(F)c(F)c3)cc2/C1=C(/C#N)[N+]#[C-]. The van der Waals surface area contributed by atoms with Crippen LogP contribution in [0.4, 0.5) is 30.7 Å². The fraction of sp³-hybridized carbons (Fsp3) is 0.0526. The van der Waals surface area contributed by atoms with Gasteiger partial charge >= 0.3 is 6.18 Å². The standard InChI is InChI=1S/C38H13F7N4S/c1-16-8-19(12-26(39)34(16)41)17-4-6-21-23(9-17)30(28(14-46)48-2)36-32(21)33-22-7-5-18(10-24(22)31(37(33)50-36)29(15-47)49-3)20-11-25(38(43,44)45)35(42)27(40)13-20/h4-13H,1H3/b30-28+,31-29-. The smallest absolute Gasteiger partial charge is 0.226 e. The first kappa shape index (κ1) is 32.1. The van der Waals surface area contributed by atoms with Crippen molar-refractivity contribution in [2.45, 2.75) is 13.1 Å². The van der Waals surface area contributed by atoms with E-state index < -0.39 is 35.0 Å². The van der Waals surface area contributed by atoms with Crippen molar-refractivity contribution >= 4 is 22.5 Å². The summed E-state index contributed by atoms with van der Waals surface area (Å²) in [4.78, 5) is 7.75. The predicted octanol–water partition coefficient (Wildman–Crippen LogP) is 11.3. The third-order valence-corrected chi connectivity index (χ3v) is 9.82. The summed E-state index contributed by atoms with van der Waals surface area (Å²) in [7, 11) is 0. The molecule has 0 unspecified atom stereocenters. The zero-order chi connectivity index (χ0) is 35.8. The molecular formula is C38H13F7N4S. The first-order chi connectivity index (χ1) is 23.8. The Kier molecular flexibility index (Phi) is 7.26. The minimum atomic E-state index is -5.18.